The van der Waals surface area contributed by atoms with Crippen LogP contribution in [-0.2, 0) is 25.4 Å². The highest BCUT2D eigenvalue weighted by Gasteiger charge is 2.32. The number of unbranched alkanes of at least 4 members (excludes halogenated alkanes) is 1. The van der Waals surface area contributed by atoms with Crippen molar-refractivity contribution < 1.29 is 32.7 Å². The Balaban J connectivity index is 1.50. The zero-order chi connectivity index (χ0) is 33.8. The fourth-order valence-electron chi connectivity index (χ4n) is 5.55. The van der Waals surface area contributed by atoms with E-state index in [4.69, 9.17) is 9.72 Å². The van der Waals surface area contributed by atoms with Gasteiger partial charge in [-0.15, -0.1) is 0 Å². The van der Waals surface area contributed by atoms with Gasteiger partial charge in [-0.25, -0.2) is 19.0 Å². The Morgan fingerprint density at radius 3 is 2.32 bits per heavy atom. The average molecular weight is 672 g/mol. The molecule has 2 aliphatic heterocycles. The molecular weight excluding hydrogens is 626 g/mol. The molecule has 2 fully saturated rings. The van der Waals surface area contributed by atoms with Crippen molar-refractivity contribution >= 4 is 40.7 Å². The van der Waals surface area contributed by atoms with E-state index in [1.165, 1.54) is 0 Å². The van der Waals surface area contributed by atoms with Crippen LogP contribution in [-0.4, -0.2) is 117 Å². The summed E-state index contributed by atoms with van der Waals surface area (Å²) in [4.78, 5) is 66.5. The van der Waals surface area contributed by atoms with Crippen LogP contribution >= 0.6 is 0 Å². The molecule has 2 saturated heterocycles. The van der Waals surface area contributed by atoms with Crippen molar-refractivity contribution in [3.63, 3.8) is 0 Å². The van der Waals surface area contributed by atoms with Gasteiger partial charge in [0.1, 0.15) is 17.6 Å². The highest BCUT2D eigenvalue weighted by molar-refractivity contribution is 7.79. The minimum Gasteiger partial charge on any atom is -0.449 e. The lowest BCUT2D eigenvalue weighted by atomic mass is 9.96. The Hall–Kier alpha value is -4.11. The van der Waals surface area contributed by atoms with Crippen LogP contribution in [0.15, 0.2) is 36.4 Å². The maximum atomic E-state index is 13.7. The summed E-state index contributed by atoms with van der Waals surface area (Å²) in [6.07, 6.45) is 2.46. The Morgan fingerprint density at radius 2 is 1.68 bits per heavy atom. The number of hydrogen-bond donors (Lipinski definition) is 3. The van der Waals surface area contributed by atoms with Crippen LogP contribution in [0.3, 0.4) is 0 Å². The minimum absolute atomic E-state index is 0.0349. The molecule has 0 saturated carbocycles. The number of aromatic nitrogens is 2. The van der Waals surface area contributed by atoms with E-state index in [1.807, 2.05) is 49.1 Å². The van der Waals surface area contributed by atoms with E-state index in [0.717, 1.165) is 12.8 Å². The first-order valence-corrected chi connectivity index (χ1v) is 17.5. The van der Waals surface area contributed by atoms with E-state index >= 15 is 0 Å². The number of hydrogen-bond acceptors (Lipinski definition) is 9. The van der Waals surface area contributed by atoms with Crippen LogP contribution in [0, 0.1) is 5.92 Å². The molecule has 0 aliphatic carbocycles. The molecule has 47 heavy (non-hydrogen) atoms. The molecule has 0 spiro atoms. The number of piperazine rings is 1. The second-order valence-electron chi connectivity index (χ2n) is 11.6. The van der Waals surface area contributed by atoms with Crippen molar-refractivity contribution in [3.05, 3.63) is 42.1 Å². The molecule has 1 aromatic carbocycles. The Morgan fingerprint density at radius 1 is 1.00 bits per heavy atom. The lowest BCUT2D eigenvalue weighted by molar-refractivity contribution is -0.135. The highest BCUT2D eigenvalue weighted by Crippen LogP contribution is 2.25. The summed E-state index contributed by atoms with van der Waals surface area (Å²) in [5, 5.41) is 5.64. The van der Waals surface area contributed by atoms with Crippen LogP contribution < -0.4 is 15.5 Å². The van der Waals surface area contributed by atoms with Crippen molar-refractivity contribution in [2.45, 2.75) is 52.0 Å². The number of nitrogens with one attached hydrogen (secondary N) is 2. The van der Waals surface area contributed by atoms with E-state index in [9.17, 15) is 27.9 Å². The largest absolute Gasteiger partial charge is 0.449 e. The molecule has 2 atom stereocenters. The zero-order valence-corrected chi connectivity index (χ0v) is 27.9. The van der Waals surface area contributed by atoms with Crippen molar-refractivity contribution in [2.75, 3.05) is 63.1 Å². The third-order valence-corrected chi connectivity index (χ3v) is 8.86. The van der Waals surface area contributed by atoms with Gasteiger partial charge in [-0.1, -0.05) is 43.7 Å². The number of carbonyl (C=O) groups excluding carboxylic acids is 4. The van der Waals surface area contributed by atoms with Gasteiger partial charge in [0, 0.05) is 63.4 Å². The zero-order valence-electron chi connectivity index (χ0n) is 27.1. The van der Waals surface area contributed by atoms with Gasteiger partial charge in [0.15, 0.2) is 16.9 Å². The monoisotopic (exact) mass is 671 g/mol. The molecule has 4 amide bonds. The SMILES string of the molecule is CCCCOC(=O)N1CCN(C(=O)[C@H](CCS(=O)O)NC(=O)c2cc(N3CCC(C(=O)NCC)CC3)nc(-c3ccccc3)n2)CC1. The molecule has 256 valence electrons. The first kappa shape index (κ1) is 35.7. The summed E-state index contributed by atoms with van der Waals surface area (Å²) >= 11 is -2.18. The molecule has 14 nitrogen and oxygen atoms in total. The number of ether oxygens (including phenoxy) is 1. The fraction of sp³-hybridized carbons (Fsp3) is 0.562. The quantitative estimate of drug-likeness (QED) is 0.212. The molecule has 2 aromatic rings. The molecule has 2 aliphatic rings. The lowest BCUT2D eigenvalue weighted by Gasteiger charge is -2.36. The molecule has 3 N–H and O–H groups in total. The number of amides is 4. The van der Waals surface area contributed by atoms with Crippen LogP contribution in [0.5, 0.6) is 0 Å². The van der Waals surface area contributed by atoms with Gasteiger partial charge in [-0.3, -0.25) is 14.4 Å². The maximum Gasteiger partial charge on any atom is 0.409 e. The average Bonchev–Trinajstić information content (AvgIpc) is 3.10. The first-order valence-electron chi connectivity index (χ1n) is 16.3. The molecule has 4 rings (SSSR count). The van der Waals surface area contributed by atoms with E-state index < -0.39 is 35.0 Å². The van der Waals surface area contributed by atoms with Gasteiger partial charge in [0.2, 0.25) is 11.8 Å². The van der Waals surface area contributed by atoms with E-state index in [1.54, 1.807) is 15.9 Å². The molecule has 1 aromatic heterocycles. The standard InChI is InChI=1S/C32H45N7O7S/c1-3-5-20-46-32(43)39-18-16-38(17-19-39)31(42)25(13-21-47(44)45)35-30(41)26-22-27(36-28(34-26)23-9-7-6-8-10-23)37-14-11-24(12-15-37)29(40)33-4-2/h6-10,22,24-25H,3-5,11-21H2,1-2H3,(H,33,40)(H,35,41)(H,44,45)/t25-/m0/s1. The molecule has 15 heteroatoms. The number of piperidine rings is 1. The fourth-order valence-corrected chi connectivity index (χ4v) is 5.99. The molecule has 0 radical (unpaired) electrons. The van der Waals surface area contributed by atoms with Gasteiger partial charge < -0.3 is 34.6 Å². The van der Waals surface area contributed by atoms with Gasteiger partial charge >= 0.3 is 6.09 Å². The molecule has 1 unspecified atom stereocenters. The number of benzene rings is 1. The summed E-state index contributed by atoms with van der Waals surface area (Å²) in [5.74, 6) is -0.448. The number of carbonyl (C=O) groups is 4. The maximum absolute atomic E-state index is 13.7. The summed E-state index contributed by atoms with van der Waals surface area (Å²) in [6.45, 7) is 6.96. The summed E-state index contributed by atoms with van der Waals surface area (Å²) < 4.78 is 26.3. The summed E-state index contributed by atoms with van der Waals surface area (Å²) in [7, 11) is 0. The number of nitrogens with zero attached hydrogens (tertiary/aromatic N) is 5. The van der Waals surface area contributed by atoms with Gasteiger partial charge in [0.05, 0.1) is 12.4 Å². The van der Waals surface area contributed by atoms with Crippen LogP contribution in [0.4, 0.5) is 10.6 Å². The smallest absolute Gasteiger partial charge is 0.409 e. The third-order valence-electron chi connectivity index (χ3n) is 8.28. The first-order chi connectivity index (χ1) is 22.7. The summed E-state index contributed by atoms with van der Waals surface area (Å²) in [6, 6.07) is 9.71. The van der Waals surface area contributed by atoms with Gasteiger partial charge in [-0.05, 0) is 32.6 Å². The second kappa shape index (κ2) is 17.7. The Bertz CT molecular complexity index is 1400. The summed E-state index contributed by atoms with van der Waals surface area (Å²) in [5.41, 5.74) is 0.747. The van der Waals surface area contributed by atoms with Crippen molar-refractivity contribution in [1.29, 1.82) is 0 Å². The van der Waals surface area contributed by atoms with Crippen molar-refractivity contribution in [2.24, 2.45) is 5.92 Å². The van der Waals surface area contributed by atoms with Crippen LogP contribution in [0.1, 0.15) is 56.4 Å². The third kappa shape index (κ3) is 10.2. The lowest BCUT2D eigenvalue weighted by Crippen LogP contribution is -2.56. The van der Waals surface area contributed by atoms with E-state index in [0.29, 0.717) is 56.3 Å². The Kier molecular flexibility index (Phi) is 13.5. The van der Waals surface area contributed by atoms with E-state index in [-0.39, 0.29) is 55.9 Å². The van der Waals surface area contributed by atoms with Crippen LogP contribution in [0.2, 0.25) is 0 Å². The molecule has 3 heterocycles. The second-order valence-corrected chi connectivity index (χ2v) is 12.6. The van der Waals surface area contributed by atoms with Crippen molar-refractivity contribution in [3.8, 4) is 11.4 Å². The molecule has 0 bridgehead atoms. The number of rotatable bonds is 13. The predicted molar refractivity (Wildman–Crippen MR) is 177 cm³/mol. The van der Waals surface area contributed by atoms with Crippen molar-refractivity contribution in [1.82, 2.24) is 30.4 Å². The molecular formula is C32H45N7O7S. The topological polar surface area (TPSA) is 174 Å². The number of anilines is 1. The van der Waals surface area contributed by atoms with Crippen LogP contribution in [0.25, 0.3) is 11.4 Å². The van der Waals surface area contributed by atoms with Gasteiger partial charge in [-0.2, -0.15) is 0 Å². The minimum atomic E-state index is -2.18. The predicted octanol–water partition coefficient (Wildman–Crippen LogP) is 2.29. The normalized spacial score (nSPS) is 16.7. The van der Waals surface area contributed by atoms with E-state index in [2.05, 4.69) is 15.6 Å². The highest BCUT2D eigenvalue weighted by atomic mass is 32.2. The van der Waals surface area contributed by atoms with Gasteiger partial charge in [0.25, 0.3) is 5.91 Å². The Labute approximate surface area is 277 Å².